The van der Waals surface area contributed by atoms with Gasteiger partial charge in [-0.1, -0.05) is 13.8 Å². The van der Waals surface area contributed by atoms with Gasteiger partial charge in [-0.25, -0.2) is 4.79 Å². The molecule has 0 bridgehead atoms. The number of rotatable bonds is 10. The first kappa shape index (κ1) is 23.7. The molecule has 0 fully saturated rings. The van der Waals surface area contributed by atoms with Gasteiger partial charge in [0.2, 0.25) is 12.2 Å². The first-order valence-electron chi connectivity index (χ1n) is 8.70. The molecule has 0 aromatic carbocycles. The second-order valence-corrected chi connectivity index (χ2v) is 7.49. The van der Waals surface area contributed by atoms with Crippen LogP contribution in [-0.2, 0) is 14.3 Å². The average Bonchev–Trinajstić information content (AvgIpc) is 2.46. The summed E-state index contributed by atoms with van der Waals surface area (Å²) in [6.45, 7) is 9.40. The summed E-state index contributed by atoms with van der Waals surface area (Å²) in [5.41, 5.74) is 4.51. The van der Waals surface area contributed by atoms with E-state index in [1.807, 2.05) is 20.1 Å². The molecule has 6 N–H and O–H groups in total. The van der Waals surface area contributed by atoms with Gasteiger partial charge in [0, 0.05) is 6.54 Å². The van der Waals surface area contributed by atoms with Gasteiger partial charge in [0.25, 0.3) is 0 Å². The van der Waals surface area contributed by atoms with Crippen LogP contribution in [0.1, 0.15) is 53.9 Å². The fraction of sp³-hybridized carbons (Fsp3) is 0.765. The second kappa shape index (κ2) is 11.3. The number of alkyl carbamates (subject to hydrolysis) is 1. The van der Waals surface area contributed by atoms with Crippen LogP contribution in [0, 0.1) is 11.3 Å². The topological polar surface area (TPSA) is 146 Å². The Balaban J connectivity index is 4.87. The number of nitrogens with one attached hydrogen (secondary N) is 4. The van der Waals surface area contributed by atoms with Gasteiger partial charge in [-0.15, -0.1) is 0 Å². The Bertz CT molecular complexity index is 488. The Morgan fingerprint density at radius 3 is 2.31 bits per heavy atom. The summed E-state index contributed by atoms with van der Waals surface area (Å²) < 4.78 is 5.18. The maximum atomic E-state index is 12.5. The minimum Gasteiger partial charge on any atom is -0.444 e. The number of hydrogen-bond acceptors (Lipinski definition) is 5. The van der Waals surface area contributed by atoms with Crippen LogP contribution < -0.4 is 21.7 Å². The predicted molar refractivity (Wildman–Crippen MR) is 99.4 cm³/mol. The van der Waals surface area contributed by atoms with Crippen LogP contribution in [0.5, 0.6) is 0 Å². The third-order valence-corrected chi connectivity index (χ3v) is 3.16. The second-order valence-electron chi connectivity index (χ2n) is 7.49. The number of hydrogen-bond donors (Lipinski definition) is 5. The molecule has 1 radical (unpaired) electrons. The van der Waals surface area contributed by atoms with E-state index in [2.05, 4.69) is 16.0 Å². The molecule has 0 saturated heterocycles. The van der Waals surface area contributed by atoms with E-state index in [4.69, 9.17) is 15.9 Å². The fourth-order valence-electron chi connectivity index (χ4n) is 2.13. The third-order valence-electron chi connectivity index (χ3n) is 3.16. The molecule has 0 aromatic rings. The maximum Gasteiger partial charge on any atom is 0.408 e. The first-order chi connectivity index (χ1) is 11.9. The van der Waals surface area contributed by atoms with Gasteiger partial charge in [-0.05, 0) is 46.0 Å². The Morgan fingerprint density at radius 1 is 1.23 bits per heavy atom. The maximum absolute atomic E-state index is 12.5. The third kappa shape index (κ3) is 12.1. The monoisotopic (exact) mass is 370 g/mol. The van der Waals surface area contributed by atoms with Crippen molar-refractivity contribution < 1.29 is 19.1 Å². The van der Waals surface area contributed by atoms with Crippen molar-refractivity contribution in [3.8, 4) is 0 Å². The molecular formula is C17H32N5O4. The SMILES string of the molecule is CC(C)C[C@@H]([C]=O)NC(=O)[C@H](CCCNC(=N)N)NC(=O)OC(C)(C)C. The first-order valence-corrected chi connectivity index (χ1v) is 8.70. The molecule has 0 aliphatic carbocycles. The van der Waals surface area contributed by atoms with Crippen LogP contribution in [0.4, 0.5) is 4.79 Å². The lowest BCUT2D eigenvalue weighted by molar-refractivity contribution is -0.123. The highest BCUT2D eigenvalue weighted by molar-refractivity contribution is 5.87. The van der Waals surface area contributed by atoms with Crippen molar-refractivity contribution in [3.05, 3.63) is 0 Å². The average molecular weight is 370 g/mol. The van der Waals surface area contributed by atoms with Gasteiger partial charge < -0.3 is 26.4 Å². The van der Waals surface area contributed by atoms with Gasteiger partial charge in [-0.2, -0.15) is 0 Å². The molecule has 0 unspecified atom stereocenters. The van der Waals surface area contributed by atoms with Crippen molar-refractivity contribution in [2.24, 2.45) is 11.7 Å². The number of guanidine groups is 1. The van der Waals surface area contributed by atoms with Crippen LogP contribution >= 0.6 is 0 Å². The van der Waals surface area contributed by atoms with Gasteiger partial charge >= 0.3 is 6.09 Å². The minimum absolute atomic E-state index is 0.168. The van der Waals surface area contributed by atoms with E-state index in [1.54, 1.807) is 20.8 Å². The normalized spacial score (nSPS) is 13.5. The largest absolute Gasteiger partial charge is 0.444 e. The highest BCUT2D eigenvalue weighted by Gasteiger charge is 2.26. The standard InChI is InChI=1S/C17H32N5O4/c1-11(2)9-12(10-23)21-14(24)13(7-6-8-20-15(18)19)22-16(25)26-17(3,4)5/h11-13H,6-9H2,1-5H3,(H,21,24)(H,22,25)(H4,18,19,20)/t12-,13-/m0/s1. The van der Waals surface area contributed by atoms with E-state index in [-0.39, 0.29) is 11.9 Å². The zero-order valence-electron chi connectivity index (χ0n) is 16.3. The van der Waals surface area contributed by atoms with Crippen LogP contribution in [0.2, 0.25) is 0 Å². The molecule has 2 atom stereocenters. The predicted octanol–water partition coefficient (Wildman–Crippen LogP) is 0.784. The summed E-state index contributed by atoms with van der Waals surface area (Å²) in [5, 5.41) is 14.9. The number of carbonyl (C=O) groups excluding carboxylic acids is 3. The summed E-state index contributed by atoms with van der Waals surface area (Å²) in [4.78, 5) is 35.5. The highest BCUT2D eigenvalue weighted by atomic mass is 16.6. The molecule has 0 spiro atoms. The van der Waals surface area contributed by atoms with Crippen LogP contribution in [0.3, 0.4) is 0 Å². The zero-order chi connectivity index (χ0) is 20.3. The van der Waals surface area contributed by atoms with E-state index in [1.165, 1.54) is 0 Å². The van der Waals surface area contributed by atoms with E-state index < -0.39 is 29.7 Å². The molecule has 26 heavy (non-hydrogen) atoms. The molecule has 0 aliphatic heterocycles. The molecule has 2 amide bonds. The Kier molecular flexibility index (Phi) is 10.3. The van der Waals surface area contributed by atoms with Gasteiger partial charge in [0.15, 0.2) is 5.96 Å². The van der Waals surface area contributed by atoms with Crippen molar-refractivity contribution >= 4 is 24.2 Å². The van der Waals surface area contributed by atoms with E-state index in [0.717, 1.165) is 0 Å². The molecule has 9 nitrogen and oxygen atoms in total. The van der Waals surface area contributed by atoms with Crippen LogP contribution in [0.25, 0.3) is 0 Å². The van der Waals surface area contributed by atoms with Crippen LogP contribution in [-0.4, -0.2) is 48.5 Å². The van der Waals surface area contributed by atoms with Crippen molar-refractivity contribution in [1.82, 2.24) is 16.0 Å². The lowest BCUT2D eigenvalue weighted by atomic mass is 10.0. The molecule has 0 aliphatic rings. The number of nitrogens with two attached hydrogens (primary N) is 1. The summed E-state index contributed by atoms with van der Waals surface area (Å²) >= 11 is 0. The lowest BCUT2D eigenvalue weighted by Gasteiger charge is -2.24. The summed E-state index contributed by atoms with van der Waals surface area (Å²) in [6, 6.07) is -1.61. The molecule has 9 heteroatoms. The number of ether oxygens (including phenoxy) is 1. The smallest absolute Gasteiger partial charge is 0.408 e. The molecule has 0 aromatic heterocycles. The molecule has 0 rings (SSSR count). The van der Waals surface area contributed by atoms with E-state index in [9.17, 15) is 14.4 Å². The Morgan fingerprint density at radius 2 is 1.85 bits per heavy atom. The van der Waals surface area contributed by atoms with Gasteiger partial charge in [-0.3, -0.25) is 15.0 Å². The zero-order valence-corrected chi connectivity index (χ0v) is 16.3. The molecule has 0 heterocycles. The fourth-order valence-corrected chi connectivity index (χ4v) is 2.13. The van der Waals surface area contributed by atoms with Crippen molar-refractivity contribution in [1.29, 1.82) is 5.41 Å². The lowest BCUT2D eigenvalue weighted by Crippen LogP contribution is -2.51. The van der Waals surface area contributed by atoms with Gasteiger partial charge in [0.1, 0.15) is 11.6 Å². The molecule has 149 valence electrons. The number of amides is 2. The highest BCUT2D eigenvalue weighted by Crippen LogP contribution is 2.08. The number of carbonyl (C=O) groups is 2. The Labute approximate surface area is 155 Å². The summed E-state index contributed by atoms with van der Waals surface area (Å²) in [7, 11) is 0. The summed E-state index contributed by atoms with van der Waals surface area (Å²) in [6.07, 6.45) is 2.32. The quantitative estimate of drug-likeness (QED) is 0.218. The van der Waals surface area contributed by atoms with E-state index in [0.29, 0.717) is 25.8 Å². The van der Waals surface area contributed by atoms with Crippen molar-refractivity contribution in [3.63, 3.8) is 0 Å². The van der Waals surface area contributed by atoms with Crippen LogP contribution in [0.15, 0.2) is 0 Å². The minimum atomic E-state index is -0.873. The van der Waals surface area contributed by atoms with E-state index >= 15 is 0 Å². The van der Waals surface area contributed by atoms with Crippen molar-refractivity contribution in [2.75, 3.05) is 6.54 Å². The Hall–Kier alpha value is -2.32. The molecule has 0 saturated carbocycles. The van der Waals surface area contributed by atoms with Crippen molar-refractivity contribution in [2.45, 2.75) is 71.6 Å². The molecular weight excluding hydrogens is 338 g/mol. The summed E-state index contributed by atoms with van der Waals surface area (Å²) in [5.74, 6) is -0.440. The van der Waals surface area contributed by atoms with Gasteiger partial charge in [0.05, 0.1) is 6.04 Å².